The van der Waals surface area contributed by atoms with Crippen LogP contribution >= 0.6 is 0 Å². The van der Waals surface area contributed by atoms with Gasteiger partial charge in [-0.05, 0) is 0 Å². The van der Waals surface area contributed by atoms with E-state index in [4.69, 9.17) is 4.55 Å². The SMILES string of the molecule is CC(=O)NCS(=O)(=O)O.[K+]. The molecular weight excluding hydrogens is 185 g/mol. The topological polar surface area (TPSA) is 83.5 Å². The summed E-state index contributed by atoms with van der Waals surface area (Å²) in [5.74, 6) is -1.21. The fourth-order valence-electron chi connectivity index (χ4n) is 0.193. The predicted molar refractivity (Wildman–Crippen MR) is 30.2 cm³/mol. The van der Waals surface area contributed by atoms with E-state index >= 15 is 0 Å². The first-order chi connectivity index (χ1) is 3.92. The molecule has 0 aliphatic heterocycles. The van der Waals surface area contributed by atoms with Crippen molar-refractivity contribution in [2.45, 2.75) is 6.92 Å². The number of hydrogen-bond acceptors (Lipinski definition) is 3. The summed E-state index contributed by atoms with van der Waals surface area (Å²) in [7, 11) is -4.05. The molecule has 0 fully saturated rings. The molecule has 0 saturated heterocycles. The van der Waals surface area contributed by atoms with Crippen molar-refractivity contribution in [1.29, 1.82) is 0 Å². The van der Waals surface area contributed by atoms with E-state index in [1.807, 2.05) is 5.32 Å². The molecule has 0 unspecified atom stereocenters. The molecule has 0 atom stereocenters. The van der Waals surface area contributed by atoms with Gasteiger partial charge in [0.25, 0.3) is 10.1 Å². The molecule has 1 amide bonds. The first kappa shape index (κ1) is 13.6. The summed E-state index contributed by atoms with van der Waals surface area (Å²) in [6.45, 7) is 1.16. The number of hydrogen-bond donors (Lipinski definition) is 2. The molecule has 0 aromatic carbocycles. The molecule has 0 rings (SSSR count). The maximum Gasteiger partial charge on any atom is 1.00 e. The first-order valence-corrected chi connectivity index (χ1v) is 3.72. The molecule has 2 N–H and O–H groups in total. The van der Waals surface area contributed by atoms with E-state index < -0.39 is 21.9 Å². The second kappa shape index (κ2) is 5.64. The standard InChI is InChI=1S/C3H7NO4S.K/c1-3(5)4-2-9(6,7)8;/h2H2,1H3,(H,4,5)(H,6,7,8);/q;+1. The molecule has 0 saturated carbocycles. The Hall–Kier alpha value is 1.02. The van der Waals surface area contributed by atoms with Crippen LogP contribution in [0.2, 0.25) is 0 Å². The summed E-state index contributed by atoms with van der Waals surface area (Å²) in [5.41, 5.74) is 0. The molecule has 0 aliphatic rings. The summed E-state index contributed by atoms with van der Waals surface area (Å²) >= 11 is 0. The van der Waals surface area contributed by atoms with E-state index in [0.717, 1.165) is 6.92 Å². The minimum absolute atomic E-state index is 0. The van der Waals surface area contributed by atoms with Crippen molar-refractivity contribution in [1.82, 2.24) is 5.32 Å². The number of nitrogens with one attached hydrogen (secondary N) is 1. The van der Waals surface area contributed by atoms with Crippen LogP contribution in [0.5, 0.6) is 0 Å². The van der Waals surface area contributed by atoms with Crippen molar-refractivity contribution in [2.75, 3.05) is 5.88 Å². The number of carbonyl (C=O) groups excluding carboxylic acids is 1. The van der Waals surface area contributed by atoms with Gasteiger partial charge in [-0.3, -0.25) is 9.35 Å². The summed E-state index contributed by atoms with van der Waals surface area (Å²) in [6.07, 6.45) is 0. The van der Waals surface area contributed by atoms with Crippen molar-refractivity contribution >= 4 is 16.0 Å². The van der Waals surface area contributed by atoms with Crippen LogP contribution in [0.15, 0.2) is 0 Å². The molecule has 0 radical (unpaired) electrons. The Kier molecular flexibility index (Phi) is 7.67. The van der Waals surface area contributed by atoms with Crippen molar-refractivity contribution in [3.05, 3.63) is 0 Å². The van der Waals surface area contributed by atoms with E-state index in [-0.39, 0.29) is 51.4 Å². The van der Waals surface area contributed by atoms with Crippen LogP contribution in [0.3, 0.4) is 0 Å². The third-order valence-electron chi connectivity index (χ3n) is 0.504. The Morgan fingerprint density at radius 2 is 2.00 bits per heavy atom. The second-order valence-corrected chi connectivity index (χ2v) is 2.91. The monoisotopic (exact) mass is 192 g/mol. The van der Waals surface area contributed by atoms with Gasteiger partial charge in [-0.15, -0.1) is 0 Å². The van der Waals surface area contributed by atoms with Crippen LogP contribution in [0, 0.1) is 0 Å². The third kappa shape index (κ3) is 11.8. The van der Waals surface area contributed by atoms with E-state index in [1.54, 1.807) is 0 Å². The van der Waals surface area contributed by atoms with Crippen LogP contribution < -0.4 is 56.7 Å². The summed E-state index contributed by atoms with van der Waals surface area (Å²) in [4.78, 5) is 10.0. The summed E-state index contributed by atoms with van der Waals surface area (Å²) in [6, 6.07) is 0. The number of carbonyl (C=O) groups is 1. The maximum absolute atomic E-state index is 10.0. The van der Waals surface area contributed by atoms with Crippen LogP contribution in [-0.4, -0.2) is 24.8 Å². The minimum atomic E-state index is -4.05. The molecular formula is C3H7KNO4S+. The number of rotatable bonds is 2. The van der Waals surface area contributed by atoms with Gasteiger partial charge in [-0.2, -0.15) is 8.42 Å². The molecule has 0 bridgehead atoms. The van der Waals surface area contributed by atoms with Gasteiger partial charge in [-0.1, -0.05) is 0 Å². The predicted octanol–water partition coefficient (Wildman–Crippen LogP) is -4.03. The van der Waals surface area contributed by atoms with Crippen molar-refractivity contribution in [3.63, 3.8) is 0 Å². The van der Waals surface area contributed by atoms with E-state index in [0.29, 0.717) is 0 Å². The van der Waals surface area contributed by atoms with Crippen LogP contribution in [-0.2, 0) is 14.9 Å². The van der Waals surface area contributed by atoms with Gasteiger partial charge in [0, 0.05) is 6.92 Å². The Morgan fingerprint density at radius 1 is 1.60 bits per heavy atom. The molecule has 54 valence electrons. The van der Waals surface area contributed by atoms with Gasteiger partial charge >= 0.3 is 51.4 Å². The van der Waals surface area contributed by atoms with Crippen molar-refractivity contribution in [2.24, 2.45) is 0 Å². The van der Waals surface area contributed by atoms with Crippen LogP contribution in [0.1, 0.15) is 6.92 Å². The Morgan fingerprint density at radius 3 is 2.10 bits per heavy atom. The fraction of sp³-hybridized carbons (Fsp3) is 0.667. The largest absolute Gasteiger partial charge is 1.00 e. The molecule has 7 heteroatoms. The average Bonchev–Trinajstić information content (AvgIpc) is 1.59. The maximum atomic E-state index is 10.0. The molecule has 10 heavy (non-hydrogen) atoms. The Balaban J connectivity index is 0. The van der Waals surface area contributed by atoms with E-state index in [2.05, 4.69) is 0 Å². The van der Waals surface area contributed by atoms with Crippen molar-refractivity contribution in [3.8, 4) is 0 Å². The molecule has 5 nitrogen and oxygen atoms in total. The second-order valence-electron chi connectivity index (χ2n) is 1.46. The molecule has 0 aliphatic carbocycles. The van der Waals surface area contributed by atoms with Crippen LogP contribution in [0.4, 0.5) is 0 Å². The van der Waals surface area contributed by atoms with Gasteiger partial charge in [0.2, 0.25) is 5.91 Å². The average molecular weight is 192 g/mol. The smallest absolute Gasteiger partial charge is 0.340 e. The number of amides is 1. The molecule has 0 aromatic rings. The zero-order chi connectivity index (χ0) is 7.49. The normalized spacial score (nSPS) is 9.80. The molecule has 0 aromatic heterocycles. The summed E-state index contributed by atoms with van der Waals surface area (Å²) < 4.78 is 27.8. The van der Waals surface area contributed by atoms with E-state index in [1.165, 1.54) is 0 Å². The first-order valence-electron chi connectivity index (χ1n) is 2.11. The van der Waals surface area contributed by atoms with E-state index in [9.17, 15) is 13.2 Å². The minimum Gasteiger partial charge on any atom is -0.340 e. The quantitative estimate of drug-likeness (QED) is 0.345. The fourth-order valence-corrected chi connectivity index (χ4v) is 0.578. The third-order valence-corrected chi connectivity index (χ3v) is 1.01. The summed E-state index contributed by atoms with van der Waals surface area (Å²) in [5, 5.41) is 1.91. The zero-order valence-corrected chi connectivity index (χ0v) is 9.73. The Labute approximate surface area is 102 Å². The molecule has 0 spiro atoms. The zero-order valence-electron chi connectivity index (χ0n) is 5.79. The molecule has 0 heterocycles. The van der Waals surface area contributed by atoms with Crippen molar-refractivity contribution < 1.29 is 69.1 Å². The Bertz CT molecular complexity index is 199. The van der Waals surface area contributed by atoms with Gasteiger partial charge in [0.1, 0.15) is 5.88 Å². The van der Waals surface area contributed by atoms with Gasteiger partial charge in [-0.25, -0.2) is 0 Å². The van der Waals surface area contributed by atoms with Gasteiger partial charge < -0.3 is 5.32 Å². The van der Waals surface area contributed by atoms with Gasteiger partial charge in [0.05, 0.1) is 0 Å². The van der Waals surface area contributed by atoms with Crippen LogP contribution in [0.25, 0.3) is 0 Å². The van der Waals surface area contributed by atoms with Gasteiger partial charge in [0.15, 0.2) is 0 Å².